The van der Waals surface area contributed by atoms with E-state index in [1.807, 2.05) is 18.2 Å². The van der Waals surface area contributed by atoms with E-state index in [0.717, 1.165) is 16.5 Å². The van der Waals surface area contributed by atoms with Crippen LogP contribution in [0.4, 0.5) is 0 Å². The highest BCUT2D eigenvalue weighted by molar-refractivity contribution is 6.35. The van der Waals surface area contributed by atoms with Crippen LogP contribution in [0.15, 0.2) is 30.5 Å². The highest BCUT2D eigenvalue weighted by Gasteiger charge is 1.99. The van der Waals surface area contributed by atoms with Crippen molar-refractivity contribution >= 4 is 34.1 Å². The van der Waals surface area contributed by atoms with Crippen molar-refractivity contribution in [2.45, 2.75) is 0 Å². The first-order valence-electron chi connectivity index (χ1n) is 4.40. The lowest BCUT2D eigenvalue weighted by Gasteiger charge is -1.99. The molecule has 0 aliphatic heterocycles. The minimum absolute atomic E-state index is 0.334. The van der Waals surface area contributed by atoms with Gasteiger partial charge in [-0.25, -0.2) is 0 Å². The van der Waals surface area contributed by atoms with Crippen LogP contribution >= 0.6 is 23.2 Å². The lowest BCUT2D eigenvalue weighted by Crippen LogP contribution is -1.81. The van der Waals surface area contributed by atoms with Crippen molar-refractivity contribution in [1.29, 1.82) is 0 Å². The lowest BCUT2D eigenvalue weighted by molar-refractivity contribution is 1.41. The van der Waals surface area contributed by atoms with Gasteiger partial charge >= 0.3 is 0 Å². The van der Waals surface area contributed by atoms with Gasteiger partial charge in [0.1, 0.15) is 0 Å². The van der Waals surface area contributed by atoms with Crippen LogP contribution < -0.4 is 0 Å². The van der Waals surface area contributed by atoms with E-state index in [0.29, 0.717) is 10.9 Å². The van der Waals surface area contributed by atoms with E-state index >= 15 is 0 Å². The predicted molar refractivity (Wildman–Crippen MR) is 64.4 cm³/mol. The number of alkyl halides is 1. The van der Waals surface area contributed by atoms with Crippen molar-refractivity contribution in [3.63, 3.8) is 0 Å². The minimum atomic E-state index is 0.334. The third-order valence-electron chi connectivity index (χ3n) is 1.99. The molecule has 1 aromatic heterocycles. The Bertz CT molecular complexity index is 552. The Morgan fingerprint density at radius 3 is 2.93 bits per heavy atom. The Morgan fingerprint density at radius 2 is 2.13 bits per heavy atom. The molecule has 2 rings (SSSR count). The molecular formula is C12H7Cl2N. The molecule has 1 aromatic carbocycles. The van der Waals surface area contributed by atoms with Crippen molar-refractivity contribution in [3.05, 3.63) is 41.0 Å². The second-order valence-electron chi connectivity index (χ2n) is 2.96. The summed E-state index contributed by atoms with van der Waals surface area (Å²) in [6.45, 7) is 0. The van der Waals surface area contributed by atoms with Gasteiger partial charge in [-0.05, 0) is 18.2 Å². The molecule has 3 heteroatoms. The van der Waals surface area contributed by atoms with E-state index in [4.69, 9.17) is 23.2 Å². The molecule has 0 fully saturated rings. The monoisotopic (exact) mass is 235 g/mol. The second kappa shape index (κ2) is 4.53. The summed E-state index contributed by atoms with van der Waals surface area (Å²) in [5.74, 6) is 6.07. The second-order valence-corrected chi connectivity index (χ2v) is 3.63. The average molecular weight is 236 g/mol. The van der Waals surface area contributed by atoms with E-state index in [2.05, 4.69) is 16.8 Å². The molecule has 74 valence electrons. The molecule has 0 saturated heterocycles. The van der Waals surface area contributed by atoms with Crippen molar-refractivity contribution in [2.24, 2.45) is 0 Å². The van der Waals surface area contributed by atoms with Crippen molar-refractivity contribution in [2.75, 3.05) is 5.88 Å². The minimum Gasteiger partial charge on any atom is -0.256 e. The molecule has 0 atom stereocenters. The molecule has 0 aliphatic rings. The first-order chi connectivity index (χ1) is 7.31. The fraction of sp³-hybridized carbons (Fsp3) is 0.0833. The number of benzene rings is 1. The van der Waals surface area contributed by atoms with Crippen LogP contribution in [0.25, 0.3) is 10.9 Å². The number of pyridine rings is 1. The molecule has 0 radical (unpaired) electrons. The smallest absolute Gasteiger partial charge is 0.0839 e. The Hall–Kier alpha value is -1.23. The molecule has 0 spiro atoms. The van der Waals surface area contributed by atoms with Crippen molar-refractivity contribution in [3.8, 4) is 11.8 Å². The van der Waals surface area contributed by atoms with Crippen molar-refractivity contribution in [1.82, 2.24) is 4.98 Å². The van der Waals surface area contributed by atoms with Crippen LogP contribution in [0.1, 0.15) is 5.56 Å². The Balaban J connectivity index is 2.57. The van der Waals surface area contributed by atoms with Gasteiger partial charge in [-0.15, -0.1) is 11.6 Å². The summed E-state index contributed by atoms with van der Waals surface area (Å²) < 4.78 is 0. The first kappa shape index (κ1) is 10.3. The maximum atomic E-state index is 6.02. The SMILES string of the molecule is ClCC#Cc1ccc2c(Cl)ccnc2c1. The number of hydrogen-bond acceptors (Lipinski definition) is 1. The molecule has 0 N–H and O–H groups in total. The molecule has 0 aliphatic carbocycles. The molecule has 0 bridgehead atoms. The highest BCUT2D eigenvalue weighted by Crippen LogP contribution is 2.21. The molecule has 2 aromatic rings. The number of fused-ring (bicyclic) bond motifs is 1. The topological polar surface area (TPSA) is 12.9 Å². The number of rotatable bonds is 0. The van der Waals surface area contributed by atoms with Crippen LogP contribution in [0.2, 0.25) is 5.02 Å². The zero-order valence-electron chi connectivity index (χ0n) is 7.80. The summed E-state index contributed by atoms with van der Waals surface area (Å²) in [6.07, 6.45) is 1.68. The molecule has 1 heterocycles. The standard InChI is InChI=1S/C12H7Cl2N/c13-6-1-2-9-3-4-10-11(14)5-7-15-12(10)8-9/h3-5,7-8H,6H2. The number of nitrogens with zero attached hydrogens (tertiary/aromatic N) is 1. The summed E-state index contributed by atoms with van der Waals surface area (Å²) in [5.41, 5.74) is 1.75. The maximum absolute atomic E-state index is 6.02. The summed E-state index contributed by atoms with van der Waals surface area (Å²) in [4.78, 5) is 4.23. The fourth-order valence-corrected chi connectivity index (χ4v) is 1.61. The Morgan fingerprint density at radius 1 is 1.27 bits per heavy atom. The van der Waals surface area contributed by atoms with Gasteiger partial charge in [0.05, 0.1) is 16.4 Å². The normalized spacial score (nSPS) is 9.73. The van der Waals surface area contributed by atoms with Crippen molar-refractivity contribution < 1.29 is 0 Å². The number of aromatic nitrogens is 1. The number of halogens is 2. The molecule has 0 amide bonds. The Labute approximate surface area is 98.0 Å². The van der Waals surface area contributed by atoms with Crippen LogP contribution in [-0.4, -0.2) is 10.9 Å². The van der Waals surface area contributed by atoms with Crippen LogP contribution in [0.3, 0.4) is 0 Å². The van der Waals surface area contributed by atoms with Gasteiger partial charge in [-0.1, -0.05) is 29.5 Å². The third-order valence-corrected chi connectivity index (χ3v) is 2.45. The van der Waals surface area contributed by atoms with Gasteiger partial charge in [0.25, 0.3) is 0 Å². The van der Waals surface area contributed by atoms with Gasteiger partial charge in [0.15, 0.2) is 0 Å². The third kappa shape index (κ3) is 2.23. The Kier molecular flexibility index (Phi) is 3.11. The zero-order valence-corrected chi connectivity index (χ0v) is 9.31. The predicted octanol–water partition coefficient (Wildman–Crippen LogP) is 3.48. The van der Waals surface area contributed by atoms with E-state index in [1.165, 1.54) is 0 Å². The van der Waals surface area contributed by atoms with Gasteiger partial charge in [-0.2, -0.15) is 0 Å². The van der Waals surface area contributed by atoms with E-state index in [9.17, 15) is 0 Å². The van der Waals surface area contributed by atoms with E-state index in [1.54, 1.807) is 12.3 Å². The van der Waals surface area contributed by atoms with Crippen LogP contribution in [0.5, 0.6) is 0 Å². The summed E-state index contributed by atoms with van der Waals surface area (Å²) >= 11 is 11.5. The maximum Gasteiger partial charge on any atom is 0.0839 e. The quantitative estimate of drug-likeness (QED) is 0.504. The van der Waals surface area contributed by atoms with E-state index < -0.39 is 0 Å². The summed E-state index contributed by atoms with van der Waals surface area (Å²) in [7, 11) is 0. The van der Waals surface area contributed by atoms with Gasteiger partial charge in [0.2, 0.25) is 0 Å². The summed E-state index contributed by atoms with van der Waals surface area (Å²) in [6, 6.07) is 7.51. The highest BCUT2D eigenvalue weighted by atomic mass is 35.5. The summed E-state index contributed by atoms with van der Waals surface area (Å²) in [5, 5.41) is 1.65. The largest absolute Gasteiger partial charge is 0.256 e. The molecule has 15 heavy (non-hydrogen) atoms. The van der Waals surface area contributed by atoms with Gasteiger partial charge in [-0.3, -0.25) is 4.98 Å². The van der Waals surface area contributed by atoms with Crippen LogP contribution in [0, 0.1) is 11.8 Å². The fourth-order valence-electron chi connectivity index (χ4n) is 1.33. The van der Waals surface area contributed by atoms with E-state index in [-0.39, 0.29) is 0 Å². The lowest BCUT2D eigenvalue weighted by atomic mass is 10.1. The zero-order chi connectivity index (χ0) is 10.7. The van der Waals surface area contributed by atoms with Gasteiger partial charge < -0.3 is 0 Å². The average Bonchev–Trinajstić information content (AvgIpc) is 2.26. The van der Waals surface area contributed by atoms with Gasteiger partial charge in [0, 0.05) is 17.1 Å². The van der Waals surface area contributed by atoms with Crippen LogP contribution in [-0.2, 0) is 0 Å². The molecular weight excluding hydrogens is 229 g/mol. The number of hydrogen-bond donors (Lipinski definition) is 0. The molecule has 0 saturated carbocycles. The molecule has 1 nitrogen and oxygen atoms in total. The first-order valence-corrected chi connectivity index (χ1v) is 5.31. The molecule has 0 unspecified atom stereocenters.